The lowest BCUT2D eigenvalue weighted by Crippen LogP contribution is -2.36. The Hall–Kier alpha value is -1.62. The summed E-state index contributed by atoms with van der Waals surface area (Å²) in [6.07, 6.45) is 26.6. The first-order valence-corrected chi connectivity index (χ1v) is 14.6. The van der Waals surface area contributed by atoms with Crippen molar-refractivity contribution in [1.29, 1.82) is 0 Å². The van der Waals surface area contributed by atoms with Crippen molar-refractivity contribution < 1.29 is 14.3 Å². The Morgan fingerprint density at radius 2 is 1.51 bits per heavy atom. The average Bonchev–Trinajstić information content (AvgIpc) is 3.47. The number of nitrogens with zero attached hydrogens (tertiary/aromatic N) is 2. The maximum absolute atomic E-state index is 12.5. The third-order valence-corrected chi connectivity index (χ3v) is 7.54. The van der Waals surface area contributed by atoms with E-state index in [0.717, 1.165) is 45.4 Å². The van der Waals surface area contributed by atoms with Crippen LogP contribution in [0, 0.1) is 5.92 Å². The third-order valence-electron chi connectivity index (χ3n) is 7.54. The fourth-order valence-corrected chi connectivity index (χ4v) is 5.19. The van der Waals surface area contributed by atoms with Gasteiger partial charge in [0.1, 0.15) is 6.61 Å². The molecule has 5 nitrogen and oxygen atoms in total. The standard InChI is InChI=1S/C30H52N2O3/c1-3-4-5-6-7-8-9-10-11-12-13-14-15-16-17-18-23-32-27(2)28(26-29(32)33)30(34)35-25-24-31-21-19-20-22-31/h7-8,10-11,27-28H,3-6,9,12-26H2,1-2H3/b8-7-,11-10-/t27-,28+/m1/s1. The van der Waals surface area contributed by atoms with E-state index >= 15 is 0 Å². The fraction of sp³-hybridized carbons (Fsp3) is 0.800. The largest absolute Gasteiger partial charge is 0.464 e. The lowest BCUT2D eigenvalue weighted by molar-refractivity contribution is -0.149. The molecule has 35 heavy (non-hydrogen) atoms. The second-order valence-corrected chi connectivity index (χ2v) is 10.4. The van der Waals surface area contributed by atoms with E-state index in [2.05, 4.69) is 36.1 Å². The topological polar surface area (TPSA) is 49.9 Å². The first-order valence-electron chi connectivity index (χ1n) is 14.6. The van der Waals surface area contributed by atoms with Crippen LogP contribution in [0.15, 0.2) is 24.3 Å². The SMILES string of the molecule is CCCCC/C=C\C/C=C\CCCCCCCCN1C(=O)C[C@H](C(=O)OCCN2CCCC2)[C@H]1C. The van der Waals surface area contributed by atoms with Gasteiger partial charge in [0.25, 0.3) is 0 Å². The van der Waals surface area contributed by atoms with Gasteiger partial charge < -0.3 is 9.64 Å². The van der Waals surface area contributed by atoms with Crippen LogP contribution in [0.2, 0.25) is 0 Å². The van der Waals surface area contributed by atoms with E-state index in [1.165, 1.54) is 70.6 Å². The van der Waals surface area contributed by atoms with Gasteiger partial charge in [-0.05, 0) is 71.4 Å². The van der Waals surface area contributed by atoms with Crippen LogP contribution in [-0.4, -0.2) is 60.5 Å². The molecule has 2 atom stereocenters. The number of carbonyl (C=O) groups excluding carboxylic acids is 2. The smallest absolute Gasteiger partial charge is 0.311 e. The lowest BCUT2D eigenvalue weighted by atomic mass is 10.0. The van der Waals surface area contributed by atoms with E-state index in [-0.39, 0.29) is 23.8 Å². The van der Waals surface area contributed by atoms with Crippen LogP contribution < -0.4 is 0 Å². The fourth-order valence-electron chi connectivity index (χ4n) is 5.19. The second kappa shape index (κ2) is 18.6. The van der Waals surface area contributed by atoms with Gasteiger partial charge in [-0.15, -0.1) is 0 Å². The van der Waals surface area contributed by atoms with Gasteiger partial charge in [0.2, 0.25) is 5.91 Å². The van der Waals surface area contributed by atoms with E-state index < -0.39 is 0 Å². The van der Waals surface area contributed by atoms with Gasteiger partial charge in [-0.25, -0.2) is 0 Å². The predicted molar refractivity (Wildman–Crippen MR) is 145 cm³/mol. The van der Waals surface area contributed by atoms with Crippen molar-refractivity contribution in [3.05, 3.63) is 24.3 Å². The minimum absolute atomic E-state index is 0.0419. The first-order chi connectivity index (χ1) is 17.1. The van der Waals surface area contributed by atoms with Crippen molar-refractivity contribution in [3.8, 4) is 0 Å². The van der Waals surface area contributed by atoms with E-state index in [1.807, 2.05) is 11.8 Å². The molecular formula is C30H52N2O3. The molecule has 2 saturated heterocycles. The Balaban J connectivity index is 1.45. The van der Waals surface area contributed by atoms with Crippen LogP contribution in [0.5, 0.6) is 0 Å². The number of unbranched alkanes of at least 4 members (excludes halogenated alkanes) is 9. The molecular weight excluding hydrogens is 436 g/mol. The van der Waals surface area contributed by atoms with Gasteiger partial charge in [-0.2, -0.15) is 0 Å². The highest BCUT2D eigenvalue weighted by Crippen LogP contribution is 2.27. The number of amides is 1. The Bertz CT molecular complexity index is 640. The monoisotopic (exact) mass is 488 g/mol. The van der Waals surface area contributed by atoms with Crippen molar-refractivity contribution >= 4 is 11.9 Å². The lowest BCUT2D eigenvalue weighted by Gasteiger charge is -2.24. The molecule has 5 heteroatoms. The van der Waals surface area contributed by atoms with E-state index in [4.69, 9.17) is 4.74 Å². The van der Waals surface area contributed by atoms with Gasteiger partial charge in [0.15, 0.2) is 0 Å². The molecule has 2 aliphatic rings. The van der Waals surface area contributed by atoms with Gasteiger partial charge in [-0.3, -0.25) is 14.5 Å². The predicted octanol–water partition coefficient (Wildman–Crippen LogP) is 6.68. The quantitative estimate of drug-likeness (QED) is 0.116. The summed E-state index contributed by atoms with van der Waals surface area (Å²) in [6.45, 7) is 8.51. The molecule has 0 aliphatic carbocycles. The molecule has 2 rings (SSSR count). The Labute approximate surface area is 215 Å². The summed E-state index contributed by atoms with van der Waals surface area (Å²) in [4.78, 5) is 29.2. The van der Waals surface area contributed by atoms with Crippen LogP contribution in [-0.2, 0) is 14.3 Å². The van der Waals surface area contributed by atoms with Crippen LogP contribution in [0.1, 0.15) is 110 Å². The van der Waals surface area contributed by atoms with Crippen LogP contribution in [0.4, 0.5) is 0 Å². The molecule has 0 spiro atoms. The van der Waals surface area contributed by atoms with Gasteiger partial charge in [-0.1, -0.05) is 69.8 Å². The summed E-state index contributed by atoms with van der Waals surface area (Å²) in [5.41, 5.74) is 0. The zero-order chi connectivity index (χ0) is 25.1. The highest BCUT2D eigenvalue weighted by Gasteiger charge is 2.41. The number of hydrogen-bond acceptors (Lipinski definition) is 4. The molecule has 0 aromatic carbocycles. The first kappa shape index (κ1) is 29.6. The highest BCUT2D eigenvalue weighted by atomic mass is 16.5. The van der Waals surface area contributed by atoms with Crippen LogP contribution in [0.25, 0.3) is 0 Å². The normalized spacial score (nSPS) is 21.2. The minimum Gasteiger partial charge on any atom is -0.464 e. The number of likely N-dealkylation sites (tertiary alicyclic amines) is 2. The van der Waals surface area contributed by atoms with Crippen molar-refractivity contribution in [1.82, 2.24) is 9.80 Å². The number of esters is 1. The van der Waals surface area contributed by atoms with E-state index in [9.17, 15) is 9.59 Å². The number of hydrogen-bond donors (Lipinski definition) is 0. The molecule has 0 N–H and O–H groups in total. The van der Waals surface area contributed by atoms with Crippen LogP contribution in [0.3, 0.4) is 0 Å². The summed E-state index contributed by atoms with van der Waals surface area (Å²) in [7, 11) is 0. The molecule has 1 amide bonds. The zero-order valence-electron chi connectivity index (χ0n) is 22.7. The summed E-state index contributed by atoms with van der Waals surface area (Å²) in [5, 5.41) is 0. The molecule has 0 unspecified atom stereocenters. The molecule has 2 aliphatic heterocycles. The van der Waals surface area contributed by atoms with E-state index in [1.54, 1.807) is 0 Å². The van der Waals surface area contributed by atoms with Crippen LogP contribution >= 0.6 is 0 Å². The Kier molecular flexibility index (Phi) is 15.8. The summed E-state index contributed by atoms with van der Waals surface area (Å²) in [5.74, 6) is -0.378. The van der Waals surface area contributed by atoms with E-state index in [0.29, 0.717) is 13.0 Å². The number of allylic oxidation sites excluding steroid dienone is 4. The molecule has 0 aromatic heterocycles. The summed E-state index contributed by atoms with van der Waals surface area (Å²) >= 11 is 0. The van der Waals surface area contributed by atoms with Gasteiger partial charge >= 0.3 is 5.97 Å². The molecule has 0 aromatic rings. The Morgan fingerprint density at radius 1 is 0.886 bits per heavy atom. The van der Waals surface area contributed by atoms with Crippen molar-refractivity contribution in [3.63, 3.8) is 0 Å². The summed E-state index contributed by atoms with van der Waals surface area (Å²) < 4.78 is 5.52. The maximum atomic E-state index is 12.5. The molecule has 0 bridgehead atoms. The molecule has 2 heterocycles. The third kappa shape index (κ3) is 12.3. The Morgan fingerprint density at radius 3 is 2.20 bits per heavy atom. The zero-order valence-corrected chi connectivity index (χ0v) is 22.7. The van der Waals surface area contributed by atoms with Crippen molar-refractivity contribution in [2.75, 3.05) is 32.8 Å². The number of ether oxygens (including phenoxy) is 1. The minimum atomic E-state index is -0.300. The van der Waals surface area contributed by atoms with Gasteiger partial charge in [0.05, 0.1) is 5.92 Å². The molecule has 0 saturated carbocycles. The van der Waals surface area contributed by atoms with Crippen molar-refractivity contribution in [2.24, 2.45) is 5.92 Å². The van der Waals surface area contributed by atoms with Gasteiger partial charge in [0, 0.05) is 25.6 Å². The molecule has 0 radical (unpaired) electrons. The second-order valence-electron chi connectivity index (χ2n) is 10.4. The maximum Gasteiger partial charge on any atom is 0.311 e. The average molecular weight is 489 g/mol. The molecule has 200 valence electrons. The summed E-state index contributed by atoms with van der Waals surface area (Å²) in [6, 6.07) is -0.0419. The molecule has 2 fully saturated rings. The number of rotatable bonds is 19. The number of carbonyl (C=O) groups is 2. The highest BCUT2D eigenvalue weighted by molar-refractivity contribution is 5.87. The van der Waals surface area contributed by atoms with Crippen molar-refractivity contribution in [2.45, 2.75) is 116 Å².